The van der Waals surface area contributed by atoms with E-state index in [9.17, 15) is 9.59 Å². The second kappa shape index (κ2) is 8.31. The molecule has 1 fully saturated rings. The number of amides is 3. The highest BCUT2D eigenvalue weighted by atomic mass is 79.9. The number of morpholine rings is 1. The summed E-state index contributed by atoms with van der Waals surface area (Å²) in [4.78, 5) is 27.0. The fraction of sp³-hybridized carbons (Fsp3) is 0.500. The van der Waals surface area contributed by atoms with Crippen LogP contribution in [0.3, 0.4) is 0 Å². The Kier molecular flexibility index (Phi) is 6.41. The molecule has 7 heteroatoms. The number of rotatable bonds is 4. The van der Waals surface area contributed by atoms with Gasteiger partial charge in [0.25, 0.3) is 0 Å². The van der Waals surface area contributed by atoms with Gasteiger partial charge in [0.2, 0.25) is 5.91 Å². The SMILES string of the molecule is CN(C)C(=O)CCNC(=O)N1CCOC(c2ccc(Br)cc2)C1. The van der Waals surface area contributed by atoms with Crippen LogP contribution in [0.1, 0.15) is 18.1 Å². The molecule has 1 unspecified atom stereocenters. The van der Waals surface area contributed by atoms with Crippen LogP contribution >= 0.6 is 15.9 Å². The quantitative estimate of drug-likeness (QED) is 0.864. The standard InChI is InChI=1S/C16H22BrN3O3/c1-19(2)15(21)7-8-18-16(22)20-9-10-23-14(11-20)12-3-5-13(17)6-4-12/h3-6,14H,7-11H2,1-2H3,(H,18,22). The molecule has 1 saturated heterocycles. The summed E-state index contributed by atoms with van der Waals surface area (Å²) in [5, 5.41) is 2.80. The number of carbonyl (C=O) groups is 2. The fourth-order valence-electron chi connectivity index (χ4n) is 2.32. The van der Waals surface area contributed by atoms with E-state index in [1.54, 1.807) is 19.0 Å². The van der Waals surface area contributed by atoms with E-state index in [4.69, 9.17) is 4.74 Å². The zero-order chi connectivity index (χ0) is 16.8. The maximum Gasteiger partial charge on any atom is 0.317 e. The number of carbonyl (C=O) groups excluding carboxylic acids is 2. The monoisotopic (exact) mass is 383 g/mol. The number of ether oxygens (including phenoxy) is 1. The number of hydrogen-bond donors (Lipinski definition) is 1. The topological polar surface area (TPSA) is 61.9 Å². The highest BCUT2D eigenvalue weighted by Gasteiger charge is 2.25. The van der Waals surface area contributed by atoms with E-state index < -0.39 is 0 Å². The maximum atomic E-state index is 12.2. The van der Waals surface area contributed by atoms with E-state index >= 15 is 0 Å². The van der Waals surface area contributed by atoms with Crippen LogP contribution in [0.4, 0.5) is 4.79 Å². The molecule has 3 amide bonds. The first-order valence-corrected chi connectivity index (χ1v) is 8.36. The minimum Gasteiger partial charge on any atom is -0.370 e. The summed E-state index contributed by atoms with van der Waals surface area (Å²) in [7, 11) is 3.41. The largest absolute Gasteiger partial charge is 0.370 e. The fourth-order valence-corrected chi connectivity index (χ4v) is 2.59. The van der Waals surface area contributed by atoms with Crippen LogP contribution in [-0.4, -0.2) is 62.1 Å². The predicted octanol–water partition coefficient (Wildman–Crippen LogP) is 2.01. The molecule has 1 heterocycles. The third-order valence-electron chi connectivity index (χ3n) is 3.71. The molecule has 0 aliphatic carbocycles. The van der Waals surface area contributed by atoms with Crippen molar-refractivity contribution < 1.29 is 14.3 Å². The van der Waals surface area contributed by atoms with E-state index in [2.05, 4.69) is 21.2 Å². The van der Waals surface area contributed by atoms with Gasteiger partial charge in [-0.1, -0.05) is 28.1 Å². The molecule has 1 N–H and O–H groups in total. The van der Waals surface area contributed by atoms with Crippen LogP contribution in [0.25, 0.3) is 0 Å². The van der Waals surface area contributed by atoms with Gasteiger partial charge in [0, 0.05) is 38.1 Å². The van der Waals surface area contributed by atoms with Crippen molar-refractivity contribution >= 4 is 27.9 Å². The van der Waals surface area contributed by atoms with Crippen molar-refractivity contribution in [1.29, 1.82) is 0 Å². The van der Waals surface area contributed by atoms with Gasteiger partial charge in [-0.3, -0.25) is 4.79 Å². The van der Waals surface area contributed by atoms with Gasteiger partial charge in [0.15, 0.2) is 0 Å². The minimum atomic E-state index is -0.151. The Morgan fingerprint density at radius 1 is 1.35 bits per heavy atom. The Bertz CT molecular complexity index is 548. The van der Waals surface area contributed by atoms with Gasteiger partial charge in [-0.2, -0.15) is 0 Å². The molecule has 0 spiro atoms. The van der Waals surface area contributed by atoms with E-state index in [0.29, 0.717) is 32.7 Å². The number of hydrogen-bond acceptors (Lipinski definition) is 3. The number of urea groups is 1. The molecule has 0 radical (unpaired) electrons. The lowest BCUT2D eigenvalue weighted by molar-refractivity contribution is -0.128. The van der Waals surface area contributed by atoms with Crippen LogP contribution < -0.4 is 5.32 Å². The van der Waals surface area contributed by atoms with Crippen LogP contribution in [-0.2, 0) is 9.53 Å². The molecule has 2 rings (SSSR count). The summed E-state index contributed by atoms with van der Waals surface area (Å²) < 4.78 is 6.77. The number of benzene rings is 1. The Morgan fingerprint density at radius 2 is 2.04 bits per heavy atom. The summed E-state index contributed by atoms with van der Waals surface area (Å²) in [5.74, 6) is 0.0000153. The molecule has 0 saturated carbocycles. The molecule has 1 aromatic carbocycles. The Balaban J connectivity index is 1.84. The van der Waals surface area contributed by atoms with Crippen LogP contribution in [0.15, 0.2) is 28.7 Å². The number of nitrogens with zero attached hydrogens (tertiary/aromatic N) is 2. The van der Waals surface area contributed by atoms with E-state index in [1.807, 2.05) is 24.3 Å². The van der Waals surface area contributed by atoms with Crippen molar-refractivity contribution in [1.82, 2.24) is 15.1 Å². The van der Waals surface area contributed by atoms with Gasteiger partial charge >= 0.3 is 6.03 Å². The van der Waals surface area contributed by atoms with Gasteiger partial charge in [0.1, 0.15) is 6.10 Å². The first-order valence-electron chi connectivity index (χ1n) is 7.57. The van der Waals surface area contributed by atoms with Crippen molar-refractivity contribution in [2.75, 3.05) is 40.3 Å². The van der Waals surface area contributed by atoms with E-state index in [0.717, 1.165) is 10.0 Å². The summed E-state index contributed by atoms with van der Waals surface area (Å²) >= 11 is 3.41. The molecule has 0 aromatic heterocycles. The van der Waals surface area contributed by atoms with Crippen molar-refractivity contribution in [2.24, 2.45) is 0 Å². The highest BCUT2D eigenvalue weighted by Crippen LogP contribution is 2.23. The van der Waals surface area contributed by atoms with Crippen LogP contribution in [0.2, 0.25) is 0 Å². The molecule has 1 atom stereocenters. The highest BCUT2D eigenvalue weighted by molar-refractivity contribution is 9.10. The second-order valence-corrected chi connectivity index (χ2v) is 6.54. The zero-order valence-corrected chi connectivity index (χ0v) is 15.0. The van der Waals surface area contributed by atoms with E-state index in [1.165, 1.54) is 4.90 Å². The lowest BCUT2D eigenvalue weighted by atomic mass is 10.1. The van der Waals surface area contributed by atoms with Crippen LogP contribution in [0.5, 0.6) is 0 Å². The molecule has 126 valence electrons. The van der Waals surface area contributed by atoms with Gasteiger partial charge in [-0.25, -0.2) is 4.79 Å². The van der Waals surface area contributed by atoms with Crippen LogP contribution in [0, 0.1) is 0 Å². The van der Waals surface area contributed by atoms with Gasteiger partial charge in [-0.15, -0.1) is 0 Å². The molecule has 6 nitrogen and oxygen atoms in total. The van der Waals surface area contributed by atoms with Crippen molar-refractivity contribution in [3.05, 3.63) is 34.3 Å². The van der Waals surface area contributed by atoms with Gasteiger partial charge in [0.05, 0.1) is 13.2 Å². The molecular formula is C16H22BrN3O3. The summed E-state index contributed by atoms with van der Waals surface area (Å²) in [6, 6.07) is 7.76. The normalized spacial score (nSPS) is 17.7. The Hall–Kier alpha value is -1.60. The molecule has 1 aliphatic rings. The predicted molar refractivity (Wildman–Crippen MR) is 91.1 cm³/mol. The third-order valence-corrected chi connectivity index (χ3v) is 4.24. The minimum absolute atomic E-state index is 0.0000153. The summed E-state index contributed by atoms with van der Waals surface area (Å²) in [5.41, 5.74) is 1.05. The molecule has 0 bridgehead atoms. The molecular weight excluding hydrogens is 362 g/mol. The number of nitrogens with one attached hydrogen (secondary N) is 1. The van der Waals surface area contributed by atoms with Crippen molar-refractivity contribution in [3.63, 3.8) is 0 Å². The maximum absolute atomic E-state index is 12.2. The third kappa shape index (κ3) is 5.21. The van der Waals surface area contributed by atoms with E-state index in [-0.39, 0.29) is 18.0 Å². The Morgan fingerprint density at radius 3 is 2.70 bits per heavy atom. The molecule has 23 heavy (non-hydrogen) atoms. The summed E-state index contributed by atoms with van der Waals surface area (Å²) in [6.07, 6.45) is 0.185. The second-order valence-electron chi connectivity index (χ2n) is 5.63. The zero-order valence-electron chi connectivity index (χ0n) is 13.4. The summed E-state index contributed by atoms with van der Waals surface area (Å²) in [6.45, 7) is 1.91. The van der Waals surface area contributed by atoms with Crippen molar-refractivity contribution in [3.8, 4) is 0 Å². The number of halogens is 1. The smallest absolute Gasteiger partial charge is 0.317 e. The average molecular weight is 384 g/mol. The van der Waals surface area contributed by atoms with Gasteiger partial charge in [-0.05, 0) is 17.7 Å². The van der Waals surface area contributed by atoms with Gasteiger partial charge < -0.3 is 19.9 Å². The van der Waals surface area contributed by atoms with Crippen molar-refractivity contribution in [2.45, 2.75) is 12.5 Å². The average Bonchev–Trinajstić information content (AvgIpc) is 2.55. The Labute approximate surface area is 144 Å². The lowest BCUT2D eigenvalue weighted by Crippen LogP contribution is -2.47. The molecule has 1 aliphatic heterocycles. The first-order chi connectivity index (χ1) is 11.0. The first kappa shape index (κ1) is 17.7. The molecule has 1 aromatic rings. The lowest BCUT2D eigenvalue weighted by Gasteiger charge is -2.33.